The zero-order valence-corrected chi connectivity index (χ0v) is 11.4. The largest absolute Gasteiger partial charge is 0.382 e. The molecule has 3 N–H and O–H groups in total. The van der Waals surface area contributed by atoms with E-state index in [1.807, 2.05) is 24.3 Å². The van der Waals surface area contributed by atoms with E-state index in [1.165, 1.54) is 6.33 Å². The highest BCUT2D eigenvalue weighted by Gasteiger charge is 2.08. The Morgan fingerprint density at radius 1 is 1.26 bits per heavy atom. The van der Waals surface area contributed by atoms with Gasteiger partial charge in [0.1, 0.15) is 6.33 Å². The van der Waals surface area contributed by atoms with Crippen LogP contribution in [0.4, 0.5) is 5.82 Å². The van der Waals surface area contributed by atoms with Gasteiger partial charge < -0.3 is 10.7 Å². The van der Waals surface area contributed by atoms with E-state index >= 15 is 0 Å². The molecule has 5 nitrogen and oxygen atoms in total. The standard InChI is InChI=1S/C12H10ClN5S/c13-8-4-2-1-3-7(8)5-19-12-17-9-10(14)15-6-16-11(9)18-12/h1-4,6H,5H2,(H3,14,15,16,17,18). The number of aromatic nitrogens is 4. The van der Waals surface area contributed by atoms with Crippen LogP contribution < -0.4 is 5.73 Å². The van der Waals surface area contributed by atoms with Crippen LogP contribution in [-0.2, 0) is 5.75 Å². The number of aromatic amines is 1. The van der Waals surface area contributed by atoms with Gasteiger partial charge in [-0.2, -0.15) is 0 Å². The number of hydrogen-bond acceptors (Lipinski definition) is 5. The minimum absolute atomic E-state index is 0.380. The van der Waals surface area contributed by atoms with Crippen LogP contribution in [0.3, 0.4) is 0 Å². The van der Waals surface area contributed by atoms with Crippen molar-refractivity contribution in [2.75, 3.05) is 5.73 Å². The number of nitrogen functional groups attached to an aromatic ring is 1. The van der Waals surface area contributed by atoms with Gasteiger partial charge in [-0.15, -0.1) is 0 Å². The summed E-state index contributed by atoms with van der Waals surface area (Å²) in [5, 5.41) is 1.51. The van der Waals surface area contributed by atoms with E-state index < -0.39 is 0 Å². The average Bonchev–Trinajstić information content (AvgIpc) is 2.82. The summed E-state index contributed by atoms with van der Waals surface area (Å²) in [5.74, 6) is 1.11. The predicted octanol–water partition coefficient (Wildman–Crippen LogP) is 2.88. The van der Waals surface area contributed by atoms with E-state index in [0.29, 0.717) is 17.0 Å². The van der Waals surface area contributed by atoms with Gasteiger partial charge in [0.05, 0.1) is 0 Å². The maximum Gasteiger partial charge on any atom is 0.168 e. The zero-order valence-electron chi connectivity index (χ0n) is 9.80. The Bertz CT molecular complexity index is 727. The number of rotatable bonds is 3. The first-order valence-corrected chi connectivity index (χ1v) is 6.93. The molecule has 7 heteroatoms. The highest BCUT2D eigenvalue weighted by molar-refractivity contribution is 7.98. The lowest BCUT2D eigenvalue weighted by Gasteiger charge is -2.01. The van der Waals surface area contributed by atoms with Crippen molar-refractivity contribution in [3.8, 4) is 0 Å². The van der Waals surface area contributed by atoms with Crippen molar-refractivity contribution in [3.05, 3.63) is 41.2 Å². The molecule has 0 saturated carbocycles. The van der Waals surface area contributed by atoms with E-state index in [0.717, 1.165) is 21.5 Å². The number of thioether (sulfide) groups is 1. The van der Waals surface area contributed by atoms with Crippen LogP contribution >= 0.6 is 23.4 Å². The molecule has 2 heterocycles. The van der Waals surface area contributed by atoms with Crippen molar-refractivity contribution in [1.29, 1.82) is 0 Å². The van der Waals surface area contributed by atoms with Crippen molar-refractivity contribution < 1.29 is 0 Å². The quantitative estimate of drug-likeness (QED) is 0.725. The molecule has 0 spiro atoms. The Balaban J connectivity index is 1.83. The number of hydrogen-bond donors (Lipinski definition) is 2. The Hall–Kier alpha value is -1.79. The molecule has 0 aliphatic carbocycles. The lowest BCUT2D eigenvalue weighted by molar-refractivity contribution is 1.07. The molecule has 0 unspecified atom stereocenters. The molecule has 0 aliphatic rings. The van der Waals surface area contributed by atoms with Gasteiger partial charge in [-0.1, -0.05) is 41.6 Å². The van der Waals surface area contributed by atoms with Gasteiger partial charge >= 0.3 is 0 Å². The molecule has 19 heavy (non-hydrogen) atoms. The summed E-state index contributed by atoms with van der Waals surface area (Å²) >= 11 is 7.66. The van der Waals surface area contributed by atoms with Crippen LogP contribution in [0.5, 0.6) is 0 Å². The van der Waals surface area contributed by atoms with E-state index in [9.17, 15) is 0 Å². The van der Waals surface area contributed by atoms with Crippen LogP contribution in [0.15, 0.2) is 35.7 Å². The number of benzene rings is 1. The topological polar surface area (TPSA) is 80.5 Å². The summed E-state index contributed by atoms with van der Waals surface area (Å²) in [6.07, 6.45) is 1.42. The molecule has 96 valence electrons. The Labute approximate surface area is 118 Å². The van der Waals surface area contributed by atoms with Crippen LogP contribution in [0.2, 0.25) is 5.02 Å². The van der Waals surface area contributed by atoms with E-state index in [-0.39, 0.29) is 0 Å². The third-order valence-electron chi connectivity index (χ3n) is 2.61. The molecule has 0 saturated heterocycles. The van der Waals surface area contributed by atoms with Gasteiger partial charge in [0.2, 0.25) is 0 Å². The summed E-state index contributed by atoms with van der Waals surface area (Å²) in [6, 6.07) is 7.74. The van der Waals surface area contributed by atoms with Crippen molar-refractivity contribution in [2.45, 2.75) is 10.9 Å². The molecule has 0 amide bonds. The summed E-state index contributed by atoms with van der Waals surface area (Å²) in [7, 11) is 0. The molecule has 0 fully saturated rings. The summed E-state index contributed by atoms with van der Waals surface area (Å²) in [4.78, 5) is 15.5. The fourth-order valence-corrected chi connectivity index (χ4v) is 2.81. The highest BCUT2D eigenvalue weighted by atomic mass is 35.5. The fraction of sp³-hybridized carbons (Fsp3) is 0.0833. The molecule has 3 aromatic rings. The van der Waals surface area contributed by atoms with Gasteiger partial charge in [-0.3, -0.25) is 0 Å². The molecule has 0 atom stereocenters. The van der Waals surface area contributed by atoms with Gasteiger partial charge in [-0.25, -0.2) is 15.0 Å². The number of anilines is 1. The van der Waals surface area contributed by atoms with Crippen LogP contribution in [0.1, 0.15) is 5.56 Å². The molecule has 2 aromatic heterocycles. The van der Waals surface area contributed by atoms with Crippen LogP contribution in [-0.4, -0.2) is 19.9 Å². The number of imidazole rings is 1. The molecule has 0 radical (unpaired) electrons. The van der Waals surface area contributed by atoms with Gasteiger partial charge in [-0.05, 0) is 11.6 Å². The Kier molecular flexibility index (Phi) is 3.27. The number of H-pyrrole nitrogens is 1. The first-order valence-electron chi connectivity index (χ1n) is 5.56. The smallest absolute Gasteiger partial charge is 0.168 e. The molecule has 3 rings (SSSR count). The first kappa shape index (κ1) is 12.3. The number of halogens is 1. The van der Waals surface area contributed by atoms with Crippen molar-refractivity contribution in [3.63, 3.8) is 0 Å². The SMILES string of the molecule is Nc1ncnc2[nH]c(SCc3ccccc3Cl)nc12. The van der Waals surface area contributed by atoms with Crippen LogP contribution in [0, 0.1) is 0 Å². The summed E-state index contributed by atoms with van der Waals surface area (Å²) in [5.41, 5.74) is 8.05. The second kappa shape index (κ2) is 5.07. The minimum atomic E-state index is 0.380. The van der Waals surface area contributed by atoms with E-state index in [4.69, 9.17) is 17.3 Å². The lowest BCUT2D eigenvalue weighted by Crippen LogP contribution is -1.91. The number of nitrogens with two attached hydrogens (primary N) is 1. The normalized spacial score (nSPS) is 11.0. The molecule has 1 aromatic carbocycles. The van der Waals surface area contributed by atoms with Gasteiger partial charge in [0.15, 0.2) is 22.1 Å². The predicted molar refractivity (Wildman–Crippen MR) is 77.1 cm³/mol. The third kappa shape index (κ3) is 2.50. The average molecular weight is 292 g/mol. The maximum atomic E-state index is 6.11. The maximum absolute atomic E-state index is 6.11. The first-order chi connectivity index (χ1) is 9.24. The summed E-state index contributed by atoms with van der Waals surface area (Å²) in [6.45, 7) is 0. The second-order valence-corrected chi connectivity index (χ2v) is 5.25. The monoisotopic (exact) mass is 291 g/mol. The van der Waals surface area contributed by atoms with E-state index in [2.05, 4.69) is 19.9 Å². The lowest BCUT2D eigenvalue weighted by atomic mass is 10.2. The second-order valence-electron chi connectivity index (χ2n) is 3.88. The number of nitrogens with one attached hydrogen (secondary N) is 1. The number of nitrogens with zero attached hydrogens (tertiary/aromatic N) is 3. The molecular formula is C12H10ClN5S. The Morgan fingerprint density at radius 3 is 2.89 bits per heavy atom. The third-order valence-corrected chi connectivity index (χ3v) is 3.90. The van der Waals surface area contributed by atoms with Crippen LogP contribution in [0.25, 0.3) is 11.2 Å². The van der Waals surface area contributed by atoms with Gasteiger partial charge in [0.25, 0.3) is 0 Å². The number of fused-ring (bicyclic) bond motifs is 1. The molecule has 0 aliphatic heterocycles. The van der Waals surface area contributed by atoms with Crippen molar-refractivity contribution in [1.82, 2.24) is 19.9 Å². The zero-order chi connectivity index (χ0) is 13.2. The van der Waals surface area contributed by atoms with Gasteiger partial charge in [0, 0.05) is 10.8 Å². The highest BCUT2D eigenvalue weighted by Crippen LogP contribution is 2.26. The fourth-order valence-electron chi connectivity index (χ4n) is 1.65. The summed E-state index contributed by atoms with van der Waals surface area (Å²) < 4.78 is 0. The minimum Gasteiger partial charge on any atom is -0.382 e. The van der Waals surface area contributed by atoms with Crippen molar-refractivity contribution in [2.24, 2.45) is 0 Å². The Morgan fingerprint density at radius 2 is 2.11 bits per heavy atom. The molecular weight excluding hydrogens is 282 g/mol. The molecule has 0 bridgehead atoms. The van der Waals surface area contributed by atoms with Crippen molar-refractivity contribution >= 4 is 40.3 Å². The van der Waals surface area contributed by atoms with E-state index in [1.54, 1.807) is 11.8 Å².